The predicted octanol–water partition coefficient (Wildman–Crippen LogP) is 4.07. The molecule has 1 aliphatic rings. The Labute approximate surface area is 124 Å². The van der Waals surface area contributed by atoms with Gasteiger partial charge in [-0.15, -0.1) is 6.58 Å². The lowest BCUT2D eigenvalue weighted by Gasteiger charge is -2.33. The molecule has 0 aromatic heterocycles. The van der Waals surface area contributed by atoms with E-state index in [4.69, 9.17) is 9.47 Å². The molecule has 0 unspecified atom stereocenters. The van der Waals surface area contributed by atoms with Gasteiger partial charge in [-0.3, -0.25) is 0 Å². The van der Waals surface area contributed by atoms with Gasteiger partial charge in [-0.1, -0.05) is 18.2 Å². The molecule has 0 saturated heterocycles. The van der Waals surface area contributed by atoms with Crippen LogP contribution >= 0.6 is 0 Å². The summed E-state index contributed by atoms with van der Waals surface area (Å²) >= 11 is 0. The maximum Gasteiger partial charge on any atom is 0.340 e. The van der Waals surface area contributed by atoms with Gasteiger partial charge in [0, 0.05) is 26.2 Å². The Morgan fingerprint density at radius 1 is 1.29 bits per heavy atom. The van der Waals surface area contributed by atoms with Crippen molar-refractivity contribution in [3.05, 3.63) is 59.6 Å². The van der Waals surface area contributed by atoms with Crippen molar-refractivity contribution in [3.63, 3.8) is 0 Å². The first-order valence-corrected chi connectivity index (χ1v) is 6.82. The van der Waals surface area contributed by atoms with Crippen LogP contribution in [0.15, 0.2) is 48.3 Å². The van der Waals surface area contributed by atoms with Crippen molar-refractivity contribution >= 4 is 5.97 Å². The fourth-order valence-electron chi connectivity index (χ4n) is 2.25. The second kappa shape index (κ2) is 5.72. The van der Waals surface area contributed by atoms with Gasteiger partial charge in [0.2, 0.25) is 5.79 Å². The number of halogens is 1. The van der Waals surface area contributed by atoms with E-state index >= 15 is 0 Å². The average Bonchev–Trinajstić information content (AvgIpc) is 2.41. The second-order valence-electron chi connectivity index (χ2n) is 5.54. The smallest absolute Gasteiger partial charge is 0.340 e. The van der Waals surface area contributed by atoms with Gasteiger partial charge >= 0.3 is 5.97 Å². The van der Waals surface area contributed by atoms with E-state index in [1.807, 2.05) is 0 Å². The lowest BCUT2D eigenvalue weighted by molar-refractivity contribution is -0.208. The van der Waals surface area contributed by atoms with Gasteiger partial charge < -0.3 is 9.47 Å². The molecule has 0 radical (unpaired) electrons. The highest BCUT2D eigenvalue weighted by Gasteiger charge is 2.34. The van der Waals surface area contributed by atoms with Gasteiger partial charge in [0.05, 0.1) is 5.57 Å². The van der Waals surface area contributed by atoms with Crippen LogP contribution < -0.4 is 0 Å². The Morgan fingerprint density at radius 3 is 2.48 bits per heavy atom. The summed E-state index contributed by atoms with van der Waals surface area (Å²) in [5.74, 6) is -1.10. The molecule has 0 N–H and O–H groups in total. The van der Waals surface area contributed by atoms with Crippen molar-refractivity contribution in [2.45, 2.75) is 38.9 Å². The van der Waals surface area contributed by atoms with Gasteiger partial charge in [0.15, 0.2) is 0 Å². The normalized spacial score (nSPS) is 18.8. The quantitative estimate of drug-likeness (QED) is 0.619. The molecular weight excluding hydrogens is 271 g/mol. The molecule has 1 aromatic rings. The van der Waals surface area contributed by atoms with Crippen molar-refractivity contribution in [2.24, 2.45) is 0 Å². The minimum Gasteiger partial charge on any atom is -0.457 e. The highest BCUT2D eigenvalue weighted by atomic mass is 19.1. The topological polar surface area (TPSA) is 35.5 Å². The molecule has 3 nitrogen and oxygen atoms in total. The number of esters is 1. The monoisotopic (exact) mass is 290 g/mol. The minimum absolute atomic E-state index is 0.0581. The van der Waals surface area contributed by atoms with Crippen LogP contribution in [0.4, 0.5) is 4.39 Å². The van der Waals surface area contributed by atoms with E-state index in [1.165, 1.54) is 12.1 Å². The third-order valence-electron chi connectivity index (χ3n) is 3.42. The molecule has 0 amide bonds. The summed E-state index contributed by atoms with van der Waals surface area (Å²) in [5, 5.41) is 0. The van der Waals surface area contributed by atoms with Crippen molar-refractivity contribution < 1.29 is 18.7 Å². The Kier molecular flexibility index (Phi) is 4.16. The lowest BCUT2D eigenvalue weighted by Crippen LogP contribution is -2.36. The van der Waals surface area contributed by atoms with Gasteiger partial charge in [-0.2, -0.15) is 0 Å². The van der Waals surface area contributed by atoms with E-state index in [-0.39, 0.29) is 17.7 Å². The summed E-state index contributed by atoms with van der Waals surface area (Å²) in [4.78, 5) is 11.8. The Morgan fingerprint density at radius 2 is 1.90 bits per heavy atom. The van der Waals surface area contributed by atoms with Crippen LogP contribution in [0.1, 0.15) is 38.7 Å². The molecule has 0 fully saturated rings. The predicted molar refractivity (Wildman–Crippen MR) is 77.9 cm³/mol. The fraction of sp³-hybridized carbons (Fsp3) is 0.353. The van der Waals surface area contributed by atoms with Crippen LogP contribution in [0.3, 0.4) is 0 Å². The molecule has 0 spiro atoms. The third kappa shape index (κ3) is 3.51. The zero-order valence-corrected chi connectivity index (χ0v) is 12.5. The fourth-order valence-corrected chi connectivity index (χ4v) is 2.25. The van der Waals surface area contributed by atoms with E-state index in [2.05, 4.69) is 6.58 Å². The molecule has 112 valence electrons. The molecular formula is C17H19FO3. The van der Waals surface area contributed by atoms with Gasteiger partial charge in [-0.25, -0.2) is 9.18 Å². The van der Waals surface area contributed by atoms with E-state index < -0.39 is 5.79 Å². The van der Waals surface area contributed by atoms with Crippen molar-refractivity contribution in [1.29, 1.82) is 0 Å². The Hall–Kier alpha value is -2.10. The van der Waals surface area contributed by atoms with Crippen LogP contribution in [-0.4, -0.2) is 11.8 Å². The summed E-state index contributed by atoms with van der Waals surface area (Å²) < 4.78 is 23.9. The zero-order chi connectivity index (χ0) is 15.6. The third-order valence-corrected chi connectivity index (χ3v) is 3.42. The summed E-state index contributed by atoms with van der Waals surface area (Å²) in [6.45, 7) is 8.88. The SMILES string of the molecule is C=C[C@H](CC1=C(C)C(=O)OC(C)(C)O1)c1ccc(F)cc1. The number of hydrogen-bond acceptors (Lipinski definition) is 3. The number of hydrogen-bond donors (Lipinski definition) is 0. The number of ether oxygens (including phenoxy) is 2. The lowest BCUT2D eigenvalue weighted by atomic mass is 9.93. The zero-order valence-electron chi connectivity index (χ0n) is 12.5. The Bertz CT molecular complexity index is 585. The molecule has 1 aromatic carbocycles. The maximum atomic E-state index is 13.0. The first-order valence-electron chi connectivity index (χ1n) is 6.82. The van der Waals surface area contributed by atoms with Crippen LogP contribution in [-0.2, 0) is 14.3 Å². The van der Waals surface area contributed by atoms with Gasteiger partial charge in [-0.05, 0) is 24.6 Å². The van der Waals surface area contributed by atoms with Crippen LogP contribution in [0.5, 0.6) is 0 Å². The Balaban J connectivity index is 2.25. The molecule has 0 saturated carbocycles. The molecule has 1 aliphatic heterocycles. The number of allylic oxidation sites excluding steroid dienone is 2. The van der Waals surface area contributed by atoms with E-state index in [1.54, 1.807) is 39.0 Å². The number of rotatable bonds is 4. The second-order valence-corrected chi connectivity index (χ2v) is 5.54. The highest BCUT2D eigenvalue weighted by Crippen LogP contribution is 2.33. The number of benzene rings is 1. The number of cyclic esters (lactones) is 1. The first kappa shape index (κ1) is 15.3. The highest BCUT2D eigenvalue weighted by molar-refractivity contribution is 5.89. The average molecular weight is 290 g/mol. The van der Waals surface area contributed by atoms with Gasteiger partial charge in [0.1, 0.15) is 11.6 Å². The van der Waals surface area contributed by atoms with Gasteiger partial charge in [0.25, 0.3) is 0 Å². The largest absolute Gasteiger partial charge is 0.457 e. The van der Waals surface area contributed by atoms with E-state index in [0.29, 0.717) is 17.8 Å². The maximum absolute atomic E-state index is 13.0. The van der Waals surface area contributed by atoms with Crippen molar-refractivity contribution in [3.8, 4) is 0 Å². The summed E-state index contributed by atoms with van der Waals surface area (Å²) in [6, 6.07) is 6.24. The van der Waals surface area contributed by atoms with Crippen molar-refractivity contribution in [2.75, 3.05) is 0 Å². The molecule has 1 atom stereocenters. The van der Waals surface area contributed by atoms with Crippen molar-refractivity contribution in [1.82, 2.24) is 0 Å². The molecule has 1 heterocycles. The number of carbonyl (C=O) groups is 1. The standard InChI is InChI=1S/C17H19FO3/c1-5-12(13-6-8-14(18)9-7-13)10-15-11(2)16(19)21-17(3,4)20-15/h5-9,12H,1,10H2,2-4H3/t12-/m1/s1. The molecule has 0 bridgehead atoms. The van der Waals surface area contributed by atoms with E-state index in [0.717, 1.165) is 5.56 Å². The molecule has 4 heteroatoms. The first-order chi connectivity index (χ1) is 9.82. The van der Waals surface area contributed by atoms with Crippen LogP contribution in [0, 0.1) is 5.82 Å². The molecule has 0 aliphatic carbocycles. The minimum atomic E-state index is -0.972. The molecule has 2 rings (SSSR count). The van der Waals surface area contributed by atoms with Crippen LogP contribution in [0.2, 0.25) is 0 Å². The molecule has 21 heavy (non-hydrogen) atoms. The van der Waals surface area contributed by atoms with Crippen LogP contribution in [0.25, 0.3) is 0 Å². The summed E-state index contributed by atoms with van der Waals surface area (Å²) in [7, 11) is 0. The van der Waals surface area contributed by atoms with E-state index in [9.17, 15) is 9.18 Å². The summed E-state index contributed by atoms with van der Waals surface area (Å²) in [5.41, 5.74) is 1.38. The number of carbonyl (C=O) groups excluding carboxylic acids is 1. The summed E-state index contributed by atoms with van der Waals surface area (Å²) in [6.07, 6.45) is 2.25.